The number of anilines is 1. The molecule has 3 rings (SSSR count). The van der Waals surface area contributed by atoms with Crippen molar-refractivity contribution in [1.82, 2.24) is 0 Å². The molecular weight excluding hydrogens is 310 g/mol. The van der Waals surface area contributed by atoms with Gasteiger partial charge in [0.15, 0.2) is 6.04 Å². The second kappa shape index (κ2) is 8.28. The van der Waals surface area contributed by atoms with Crippen LogP contribution in [0.25, 0.3) is 11.1 Å². The molecule has 0 radical (unpaired) electrons. The Hall–Kier alpha value is -2.17. The van der Waals surface area contributed by atoms with Crippen molar-refractivity contribution in [2.45, 2.75) is 19.9 Å². The molecule has 132 valence electrons. The summed E-state index contributed by atoms with van der Waals surface area (Å²) < 4.78 is 0. The molecule has 1 aliphatic heterocycles. The summed E-state index contributed by atoms with van der Waals surface area (Å²) in [7, 11) is 0. The first-order valence-electron chi connectivity index (χ1n) is 9.32. The SMILES string of the molecule is CC[NH+]1CC[NH+]([C@H](C)C(=O)Nc2ccccc2-c2ccccc2)CC1. The van der Waals surface area contributed by atoms with Gasteiger partial charge < -0.3 is 15.1 Å². The summed E-state index contributed by atoms with van der Waals surface area (Å²) in [4.78, 5) is 15.8. The Balaban J connectivity index is 1.69. The monoisotopic (exact) mass is 339 g/mol. The van der Waals surface area contributed by atoms with Crippen molar-refractivity contribution in [3.8, 4) is 11.1 Å². The third kappa shape index (κ3) is 4.27. The van der Waals surface area contributed by atoms with Crippen LogP contribution in [0.15, 0.2) is 54.6 Å². The van der Waals surface area contributed by atoms with Crippen LogP contribution in [0.4, 0.5) is 5.69 Å². The molecule has 1 aliphatic rings. The minimum absolute atomic E-state index is 0.0257. The Morgan fingerprint density at radius 3 is 2.32 bits per heavy atom. The fourth-order valence-electron chi connectivity index (χ4n) is 3.60. The molecule has 0 unspecified atom stereocenters. The van der Waals surface area contributed by atoms with E-state index >= 15 is 0 Å². The summed E-state index contributed by atoms with van der Waals surface area (Å²) >= 11 is 0. The Morgan fingerprint density at radius 1 is 1.00 bits per heavy atom. The van der Waals surface area contributed by atoms with Crippen LogP contribution in [0, 0.1) is 0 Å². The molecule has 1 saturated heterocycles. The highest BCUT2D eigenvalue weighted by Crippen LogP contribution is 2.27. The second-order valence-corrected chi connectivity index (χ2v) is 6.88. The van der Waals surface area contributed by atoms with Gasteiger partial charge in [-0.3, -0.25) is 4.79 Å². The predicted octanol–water partition coefficient (Wildman–Crippen LogP) is 0.484. The fourth-order valence-corrected chi connectivity index (χ4v) is 3.60. The van der Waals surface area contributed by atoms with Crippen molar-refractivity contribution in [3.63, 3.8) is 0 Å². The second-order valence-electron chi connectivity index (χ2n) is 6.88. The average molecular weight is 339 g/mol. The number of nitrogens with one attached hydrogen (secondary N) is 3. The molecule has 1 heterocycles. The smallest absolute Gasteiger partial charge is 0.282 e. The molecule has 4 nitrogen and oxygen atoms in total. The molecular formula is C21H29N3O+2. The van der Waals surface area contributed by atoms with Gasteiger partial charge in [0.25, 0.3) is 5.91 Å². The Bertz CT molecular complexity index is 693. The van der Waals surface area contributed by atoms with Crippen LogP contribution in [-0.2, 0) is 4.79 Å². The number of benzene rings is 2. The molecule has 2 aromatic carbocycles. The van der Waals surface area contributed by atoms with Crippen LogP contribution < -0.4 is 15.1 Å². The van der Waals surface area contributed by atoms with Gasteiger partial charge in [0.1, 0.15) is 26.2 Å². The van der Waals surface area contributed by atoms with Crippen molar-refractivity contribution in [3.05, 3.63) is 54.6 Å². The third-order valence-corrected chi connectivity index (χ3v) is 5.37. The number of carbonyl (C=O) groups excluding carboxylic acids is 1. The van der Waals surface area contributed by atoms with Crippen molar-refractivity contribution >= 4 is 11.6 Å². The summed E-state index contributed by atoms with van der Waals surface area (Å²) in [5, 5.41) is 3.16. The van der Waals surface area contributed by atoms with Crippen LogP contribution in [0.1, 0.15) is 13.8 Å². The molecule has 0 aliphatic carbocycles. The topological polar surface area (TPSA) is 38.0 Å². The van der Waals surface area contributed by atoms with E-state index in [-0.39, 0.29) is 11.9 Å². The van der Waals surface area contributed by atoms with Gasteiger partial charge in [0, 0.05) is 11.3 Å². The van der Waals surface area contributed by atoms with E-state index in [1.807, 2.05) is 43.3 Å². The summed E-state index contributed by atoms with van der Waals surface area (Å²) in [6, 6.07) is 18.2. The molecule has 0 saturated carbocycles. The molecule has 0 spiro atoms. The maximum atomic E-state index is 12.8. The minimum Gasteiger partial charge on any atom is -0.326 e. The van der Waals surface area contributed by atoms with Gasteiger partial charge in [0.2, 0.25) is 0 Å². The number of rotatable bonds is 5. The average Bonchev–Trinajstić information content (AvgIpc) is 2.68. The molecule has 0 aromatic heterocycles. The first kappa shape index (κ1) is 17.6. The predicted molar refractivity (Wildman–Crippen MR) is 102 cm³/mol. The van der Waals surface area contributed by atoms with Crippen LogP contribution in [0.3, 0.4) is 0 Å². The van der Waals surface area contributed by atoms with Crippen LogP contribution in [0.5, 0.6) is 0 Å². The molecule has 0 bridgehead atoms. The summed E-state index contributed by atoms with van der Waals surface area (Å²) in [5.74, 6) is 0.110. The largest absolute Gasteiger partial charge is 0.326 e. The van der Waals surface area contributed by atoms with Crippen LogP contribution >= 0.6 is 0 Å². The highest BCUT2D eigenvalue weighted by molar-refractivity contribution is 5.97. The lowest BCUT2D eigenvalue weighted by molar-refractivity contribution is -1.02. The molecule has 3 N–H and O–H groups in total. The Labute approximate surface area is 150 Å². The number of quaternary nitrogens is 2. The van der Waals surface area contributed by atoms with E-state index in [2.05, 4.69) is 30.4 Å². The van der Waals surface area contributed by atoms with E-state index in [4.69, 9.17) is 0 Å². The molecule has 4 heteroatoms. The number of hydrogen-bond acceptors (Lipinski definition) is 1. The van der Waals surface area contributed by atoms with Gasteiger partial charge in [-0.25, -0.2) is 0 Å². The minimum atomic E-state index is -0.0257. The van der Waals surface area contributed by atoms with Gasteiger partial charge in [-0.05, 0) is 25.5 Å². The third-order valence-electron chi connectivity index (χ3n) is 5.37. The molecule has 1 atom stereocenters. The van der Waals surface area contributed by atoms with E-state index < -0.39 is 0 Å². The number of likely N-dealkylation sites (N-methyl/N-ethyl adjacent to an activating group) is 1. The maximum Gasteiger partial charge on any atom is 0.282 e. The van der Waals surface area contributed by atoms with E-state index in [1.54, 1.807) is 4.90 Å². The lowest BCUT2D eigenvalue weighted by Crippen LogP contribution is -3.29. The first-order chi connectivity index (χ1) is 12.2. The molecule has 2 aromatic rings. The normalized spacial score (nSPS) is 21.5. The zero-order chi connectivity index (χ0) is 17.6. The summed E-state index contributed by atoms with van der Waals surface area (Å²) in [6.45, 7) is 9.91. The standard InChI is InChI=1S/C21H27N3O/c1-3-23-13-15-24(16-14-23)17(2)21(25)22-20-12-8-7-11-19(20)18-9-5-4-6-10-18/h4-12,17H,3,13-16H2,1-2H3,(H,22,25)/p+2/t17-/m1/s1. The van der Waals surface area contributed by atoms with Gasteiger partial charge in [0.05, 0.1) is 6.54 Å². The Kier molecular flexibility index (Phi) is 5.84. The van der Waals surface area contributed by atoms with Crippen molar-refractivity contribution in [2.75, 3.05) is 38.0 Å². The van der Waals surface area contributed by atoms with Gasteiger partial charge in [-0.15, -0.1) is 0 Å². The molecule has 25 heavy (non-hydrogen) atoms. The number of carbonyl (C=O) groups is 1. The molecule has 1 fully saturated rings. The maximum absolute atomic E-state index is 12.8. The van der Waals surface area contributed by atoms with Crippen molar-refractivity contribution in [2.24, 2.45) is 0 Å². The zero-order valence-electron chi connectivity index (χ0n) is 15.2. The van der Waals surface area contributed by atoms with Crippen molar-refractivity contribution < 1.29 is 14.6 Å². The summed E-state index contributed by atoms with van der Waals surface area (Å²) in [5.41, 5.74) is 3.08. The number of hydrogen-bond donors (Lipinski definition) is 3. The highest BCUT2D eigenvalue weighted by atomic mass is 16.2. The summed E-state index contributed by atoms with van der Waals surface area (Å²) in [6.07, 6.45) is 0. The quantitative estimate of drug-likeness (QED) is 0.729. The van der Waals surface area contributed by atoms with E-state index in [1.165, 1.54) is 11.4 Å². The fraction of sp³-hybridized carbons (Fsp3) is 0.381. The highest BCUT2D eigenvalue weighted by Gasteiger charge is 2.30. The van der Waals surface area contributed by atoms with E-state index in [0.717, 1.165) is 43.0 Å². The number of para-hydroxylation sites is 1. The lowest BCUT2D eigenvalue weighted by atomic mass is 10.0. The zero-order valence-corrected chi connectivity index (χ0v) is 15.2. The lowest BCUT2D eigenvalue weighted by Gasteiger charge is -2.32. The van der Waals surface area contributed by atoms with Crippen molar-refractivity contribution in [1.29, 1.82) is 0 Å². The first-order valence-corrected chi connectivity index (χ1v) is 9.32. The van der Waals surface area contributed by atoms with Crippen LogP contribution in [-0.4, -0.2) is 44.7 Å². The van der Waals surface area contributed by atoms with Gasteiger partial charge >= 0.3 is 0 Å². The number of piperazine rings is 1. The molecule has 1 amide bonds. The Morgan fingerprint density at radius 2 is 1.64 bits per heavy atom. The van der Waals surface area contributed by atoms with E-state index in [9.17, 15) is 4.79 Å². The van der Waals surface area contributed by atoms with Gasteiger partial charge in [-0.2, -0.15) is 0 Å². The van der Waals surface area contributed by atoms with E-state index in [0.29, 0.717) is 0 Å². The number of amides is 1. The van der Waals surface area contributed by atoms with Gasteiger partial charge in [-0.1, -0.05) is 48.5 Å². The van der Waals surface area contributed by atoms with Crippen LogP contribution in [0.2, 0.25) is 0 Å².